The van der Waals surface area contributed by atoms with Crippen molar-refractivity contribution >= 4 is 15.8 Å². The van der Waals surface area contributed by atoms with Gasteiger partial charge in [0.2, 0.25) is 10.0 Å². The van der Waals surface area contributed by atoms with Crippen molar-refractivity contribution in [3.05, 3.63) is 6.20 Å². The minimum atomic E-state index is -3.74. The van der Waals surface area contributed by atoms with Crippen molar-refractivity contribution in [3.63, 3.8) is 0 Å². The molecule has 1 atom stereocenters. The molecule has 1 aliphatic heterocycles. The molecule has 9 heteroatoms. The van der Waals surface area contributed by atoms with E-state index in [0.717, 1.165) is 6.20 Å². The molecule has 0 spiro atoms. The van der Waals surface area contributed by atoms with Gasteiger partial charge in [-0.15, -0.1) is 0 Å². The molecule has 0 bridgehead atoms. The van der Waals surface area contributed by atoms with Crippen molar-refractivity contribution < 1.29 is 18.3 Å². The molecule has 1 unspecified atom stereocenters. The largest absolute Gasteiger partial charge is 0.395 e. The first-order valence-electron chi connectivity index (χ1n) is 5.06. The Hall–Kier alpha value is -1.16. The predicted molar refractivity (Wildman–Crippen MR) is 58.6 cm³/mol. The normalized spacial score (nSPS) is 22.8. The lowest BCUT2D eigenvalue weighted by atomic mass is 10.3. The molecule has 2 heterocycles. The molecule has 1 aromatic rings. The summed E-state index contributed by atoms with van der Waals surface area (Å²) in [5.74, 6) is -0.00631. The molecule has 96 valence electrons. The summed E-state index contributed by atoms with van der Waals surface area (Å²) in [6.07, 6.45) is 1.16. The van der Waals surface area contributed by atoms with Crippen LogP contribution in [0.4, 0.5) is 5.82 Å². The monoisotopic (exact) mass is 262 g/mol. The van der Waals surface area contributed by atoms with E-state index >= 15 is 0 Å². The average Bonchev–Trinajstić information content (AvgIpc) is 2.76. The SMILES string of the molecule is Nc1[nH]ncc1S(=O)(=O)N1CCOCC1CO. The zero-order valence-corrected chi connectivity index (χ0v) is 9.85. The van der Waals surface area contributed by atoms with Crippen LogP contribution in [0.5, 0.6) is 0 Å². The Morgan fingerprint density at radius 1 is 1.71 bits per heavy atom. The number of ether oxygens (including phenoxy) is 1. The molecule has 1 saturated heterocycles. The van der Waals surface area contributed by atoms with Crippen LogP contribution in [0.3, 0.4) is 0 Å². The van der Waals surface area contributed by atoms with Gasteiger partial charge in [-0.25, -0.2) is 8.42 Å². The highest BCUT2D eigenvalue weighted by molar-refractivity contribution is 7.89. The number of nitrogens with one attached hydrogen (secondary N) is 1. The van der Waals surface area contributed by atoms with Crippen LogP contribution >= 0.6 is 0 Å². The third kappa shape index (κ3) is 2.14. The number of hydrogen-bond acceptors (Lipinski definition) is 6. The van der Waals surface area contributed by atoms with Gasteiger partial charge >= 0.3 is 0 Å². The maximum Gasteiger partial charge on any atom is 0.248 e. The van der Waals surface area contributed by atoms with Gasteiger partial charge in [0.15, 0.2) is 0 Å². The number of H-pyrrole nitrogens is 1. The number of aromatic nitrogens is 2. The van der Waals surface area contributed by atoms with E-state index in [1.54, 1.807) is 0 Å². The number of aliphatic hydroxyl groups excluding tert-OH is 1. The fraction of sp³-hybridized carbons (Fsp3) is 0.625. The fourth-order valence-corrected chi connectivity index (χ4v) is 3.31. The molecule has 1 aliphatic rings. The second-order valence-corrected chi connectivity index (χ2v) is 5.53. The van der Waals surface area contributed by atoms with Crippen molar-refractivity contribution in [2.45, 2.75) is 10.9 Å². The van der Waals surface area contributed by atoms with Crippen LogP contribution in [0.2, 0.25) is 0 Å². The molecule has 4 N–H and O–H groups in total. The van der Waals surface area contributed by atoms with Crippen LogP contribution in [0.15, 0.2) is 11.1 Å². The standard InChI is InChI=1S/C8H14N4O4S/c9-8-7(3-10-11-8)17(14,15)12-1-2-16-5-6(12)4-13/h3,6,13H,1-2,4-5H2,(H3,9,10,11). The zero-order valence-electron chi connectivity index (χ0n) is 9.04. The summed E-state index contributed by atoms with van der Waals surface area (Å²) in [5.41, 5.74) is 5.50. The molecule has 8 nitrogen and oxygen atoms in total. The minimum Gasteiger partial charge on any atom is -0.395 e. The molecule has 0 aliphatic carbocycles. The molecule has 0 radical (unpaired) electrons. The first-order chi connectivity index (χ1) is 8.07. The maximum absolute atomic E-state index is 12.3. The van der Waals surface area contributed by atoms with Crippen LogP contribution in [-0.4, -0.2) is 60.4 Å². The third-order valence-electron chi connectivity index (χ3n) is 2.60. The second kappa shape index (κ2) is 4.61. The van der Waals surface area contributed by atoms with Gasteiger partial charge in [0, 0.05) is 6.54 Å². The number of anilines is 1. The summed E-state index contributed by atoms with van der Waals surface area (Å²) in [5, 5.41) is 15.1. The number of aliphatic hydroxyl groups is 1. The molecule has 1 aromatic heterocycles. The molecule has 0 amide bonds. The lowest BCUT2D eigenvalue weighted by Crippen LogP contribution is -2.50. The first-order valence-corrected chi connectivity index (χ1v) is 6.50. The van der Waals surface area contributed by atoms with E-state index in [-0.39, 0.29) is 30.5 Å². The Morgan fingerprint density at radius 3 is 3.06 bits per heavy atom. The summed E-state index contributed by atoms with van der Waals surface area (Å²) >= 11 is 0. The highest BCUT2D eigenvalue weighted by Gasteiger charge is 2.35. The fourth-order valence-electron chi connectivity index (χ4n) is 1.72. The van der Waals surface area contributed by atoms with Crippen LogP contribution in [0.1, 0.15) is 0 Å². The quantitative estimate of drug-likeness (QED) is 0.601. The van der Waals surface area contributed by atoms with Crippen molar-refractivity contribution in [1.82, 2.24) is 14.5 Å². The summed E-state index contributed by atoms with van der Waals surface area (Å²) < 4.78 is 30.8. The summed E-state index contributed by atoms with van der Waals surface area (Å²) in [6.45, 7) is 0.371. The Morgan fingerprint density at radius 2 is 2.47 bits per heavy atom. The Balaban J connectivity index is 2.34. The van der Waals surface area contributed by atoms with E-state index in [9.17, 15) is 8.42 Å². The van der Waals surface area contributed by atoms with Crippen LogP contribution < -0.4 is 5.73 Å². The van der Waals surface area contributed by atoms with Crippen LogP contribution in [0, 0.1) is 0 Å². The van der Waals surface area contributed by atoms with Gasteiger partial charge in [-0.2, -0.15) is 9.40 Å². The van der Waals surface area contributed by atoms with Crippen LogP contribution in [-0.2, 0) is 14.8 Å². The highest BCUT2D eigenvalue weighted by Crippen LogP contribution is 2.23. The molecule has 1 fully saturated rings. The van der Waals surface area contributed by atoms with Crippen molar-refractivity contribution in [1.29, 1.82) is 0 Å². The van der Waals surface area contributed by atoms with Gasteiger partial charge in [0.05, 0.1) is 32.1 Å². The lowest BCUT2D eigenvalue weighted by Gasteiger charge is -2.32. The van der Waals surface area contributed by atoms with Gasteiger partial charge in [-0.3, -0.25) is 5.10 Å². The molecular formula is C8H14N4O4S. The molecule has 0 aromatic carbocycles. The van der Waals surface area contributed by atoms with Gasteiger partial charge in [-0.1, -0.05) is 0 Å². The Kier molecular flexibility index (Phi) is 3.33. The van der Waals surface area contributed by atoms with E-state index < -0.39 is 16.1 Å². The molecule has 17 heavy (non-hydrogen) atoms. The van der Waals surface area contributed by atoms with E-state index in [1.807, 2.05) is 0 Å². The van der Waals surface area contributed by atoms with Crippen molar-refractivity contribution in [2.75, 3.05) is 32.1 Å². The van der Waals surface area contributed by atoms with E-state index in [4.69, 9.17) is 15.6 Å². The van der Waals surface area contributed by atoms with Crippen molar-refractivity contribution in [2.24, 2.45) is 0 Å². The lowest BCUT2D eigenvalue weighted by molar-refractivity contribution is 0.0109. The predicted octanol–water partition coefficient (Wildman–Crippen LogP) is -1.63. The molecule has 0 saturated carbocycles. The number of nitrogens with two attached hydrogens (primary N) is 1. The summed E-state index contributed by atoms with van der Waals surface area (Å²) in [7, 11) is -3.74. The van der Waals surface area contributed by atoms with E-state index in [1.165, 1.54) is 4.31 Å². The second-order valence-electron chi connectivity index (χ2n) is 3.67. The van der Waals surface area contributed by atoms with Gasteiger partial charge in [0.1, 0.15) is 10.7 Å². The summed E-state index contributed by atoms with van der Waals surface area (Å²) in [4.78, 5) is -0.0714. The number of sulfonamides is 1. The number of hydrogen-bond donors (Lipinski definition) is 3. The number of rotatable bonds is 3. The van der Waals surface area contributed by atoms with Crippen LogP contribution in [0.25, 0.3) is 0 Å². The molecule has 2 rings (SSSR count). The maximum atomic E-state index is 12.3. The van der Waals surface area contributed by atoms with E-state index in [0.29, 0.717) is 6.61 Å². The summed E-state index contributed by atoms with van der Waals surface area (Å²) in [6, 6.07) is -0.581. The van der Waals surface area contributed by atoms with Gasteiger partial charge < -0.3 is 15.6 Å². The molecular weight excluding hydrogens is 248 g/mol. The number of nitrogen functional groups attached to an aromatic ring is 1. The Bertz CT molecular complexity index is 485. The topological polar surface area (TPSA) is 122 Å². The number of nitrogens with zero attached hydrogens (tertiary/aromatic N) is 2. The van der Waals surface area contributed by atoms with Gasteiger partial charge in [0.25, 0.3) is 0 Å². The average molecular weight is 262 g/mol. The number of aromatic amines is 1. The first kappa shape index (κ1) is 12.3. The third-order valence-corrected chi connectivity index (χ3v) is 4.58. The Labute approximate surface area is 98.4 Å². The zero-order chi connectivity index (χ0) is 12.5. The minimum absolute atomic E-state index is 0.00631. The number of morpholine rings is 1. The smallest absolute Gasteiger partial charge is 0.248 e. The highest BCUT2D eigenvalue weighted by atomic mass is 32.2. The van der Waals surface area contributed by atoms with Crippen molar-refractivity contribution in [3.8, 4) is 0 Å². The van der Waals surface area contributed by atoms with E-state index in [2.05, 4.69) is 10.2 Å². The van der Waals surface area contributed by atoms with Gasteiger partial charge in [-0.05, 0) is 0 Å².